The van der Waals surface area contributed by atoms with Gasteiger partial charge in [0.1, 0.15) is 0 Å². The summed E-state index contributed by atoms with van der Waals surface area (Å²) in [6.45, 7) is 0.410. The highest BCUT2D eigenvalue weighted by Crippen LogP contribution is 2.44. The van der Waals surface area contributed by atoms with E-state index in [2.05, 4.69) is 0 Å². The van der Waals surface area contributed by atoms with Crippen molar-refractivity contribution in [3.05, 3.63) is 87.1 Å². The molecule has 28 heavy (non-hydrogen) atoms. The quantitative estimate of drug-likeness (QED) is 0.609. The Balaban J connectivity index is 1.65. The van der Waals surface area contributed by atoms with Gasteiger partial charge in [-0.25, -0.2) is 0 Å². The van der Waals surface area contributed by atoms with Crippen LogP contribution in [0.3, 0.4) is 0 Å². The lowest BCUT2D eigenvalue weighted by Gasteiger charge is -2.22. The Hall–Kier alpha value is -2.47. The lowest BCUT2D eigenvalue weighted by atomic mass is 9.89. The van der Waals surface area contributed by atoms with Crippen LogP contribution in [0.4, 0.5) is 5.69 Å². The van der Waals surface area contributed by atoms with Crippen LogP contribution in [-0.2, 0) is 16.8 Å². The van der Waals surface area contributed by atoms with E-state index in [-0.39, 0.29) is 12.2 Å². The first-order valence-corrected chi connectivity index (χ1v) is 10.2. The topological polar surface area (TPSA) is 57.6 Å². The van der Waals surface area contributed by atoms with Crippen molar-refractivity contribution in [3.8, 4) is 0 Å². The number of anilines is 1. The molecule has 0 fully saturated rings. The van der Waals surface area contributed by atoms with E-state index >= 15 is 0 Å². The number of nitrogens with zero attached hydrogens (tertiary/aromatic N) is 1. The van der Waals surface area contributed by atoms with Crippen molar-refractivity contribution in [2.24, 2.45) is 0 Å². The number of hydrogen-bond donors (Lipinski definition) is 1. The molecule has 2 aromatic carbocycles. The van der Waals surface area contributed by atoms with Crippen LogP contribution in [-0.4, -0.2) is 23.3 Å². The normalized spacial score (nSPS) is 18.4. The highest BCUT2D eigenvalue weighted by atomic mass is 35.5. The molecule has 1 atom stereocenters. The summed E-state index contributed by atoms with van der Waals surface area (Å²) in [6.07, 6.45) is 0.338. The Labute approximate surface area is 172 Å². The molecule has 1 N–H and O–H groups in total. The van der Waals surface area contributed by atoms with Gasteiger partial charge in [-0.05, 0) is 41.6 Å². The summed E-state index contributed by atoms with van der Waals surface area (Å²) in [6, 6.07) is 18.3. The number of Topliss-reactive ketones (excluding diaryl/α,β-unsaturated/α-hetero) is 1. The molecular weight excluding hydrogens is 394 g/mol. The van der Waals surface area contributed by atoms with Crippen LogP contribution in [0, 0.1) is 0 Å². The number of carbonyl (C=O) groups excluding carboxylic acids is 2. The second-order valence-electron chi connectivity index (χ2n) is 6.79. The summed E-state index contributed by atoms with van der Waals surface area (Å²) in [5.41, 5.74) is 0.184. The van der Waals surface area contributed by atoms with E-state index in [1.54, 1.807) is 40.6 Å². The number of halogens is 1. The monoisotopic (exact) mass is 411 g/mol. The van der Waals surface area contributed by atoms with Crippen molar-refractivity contribution >= 4 is 40.3 Å². The Kier molecular flexibility index (Phi) is 5.06. The predicted molar refractivity (Wildman–Crippen MR) is 111 cm³/mol. The highest BCUT2D eigenvalue weighted by molar-refractivity contribution is 7.12. The molecule has 0 saturated carbocycles. The number of aliphatic hydroxyl groups is 1. The molecule has 1 amide bonds. The van der Waals surface area contributed by atoms with Crippen LogP contribution in [0.25, 0.3) is 0 Å². The maximum absolute atomic E-state index is 13.2. The maximum Gasteiger partial charge on any atom is 0.264 e. The number of carbonyl (C=O) groups is 2. The molecule has 6 heteroatoms. The Bertz CT molecular complexity index is 1020. The van der Waals surface area contributed by atoms with Crippen LogP contribution in [0.1, 0.15) is 27.2 Å². The summed E-state index contributed by atoms with van der Waals surface area (Å²) in [4.78, 5) is 27.9. The van der Waals surface area contributed by atoms with Gasteiger partial charge in [0.15, 0.2) is 11.4 Å². The molecule has 1 aliphatic rings. The van der Waals surface area contributed by atoms with Crippen molar-refractivity contribution in [1.82, 2.24) is 0 Å². The molecule has 0 unspecified atom stereocenters. The molecule has 3 aromatic rings. The summed E-state index contributed by atoms with van der Waals surface area (Å²) >= 11 is 7.43. The van der Waals surface area contributed by atoms with Gasteiger partial charge >= 0.3 is 0 Å². The fraction of sp³-hybridized carbons (Fsp3) is 0.182. The lowest BCUT2D eigenvalue weighted by molar-refractivity contribution is -0.135. The van der Waals surface area contributed by atoms with Gasteiger partial charge in [0.25, 0.3) is 5.91 Å². The van der Waals surface area contributed by atoms with Crippen LogP contribution in [0.5, 0.6) is 0 Å². The van der Waals surface area contributed by atoms with Crippen LogP contribution in [0.15, 0.2) is 66.0 Å². The summed E-state index contributed by atoms with van der Waals surface area (Å²) in [5.74, 6) is -0.743. The predicted octanol–water partition coefficient (Wildman–Crippen LogP) is 4.45. The standard InChI is InChI=1S/C22H18ClNO3S/c23-16-8-9-18-17(13-16)22(27,14-19(25)20-7-4-12-28-20)21(26)24(18)11-10-15-5-2-1-3-6-15/h1-9,12-13,27H,10-11,14H2/t22-/m1/s1. The number of benzene rings is 2. The summed E-state index contributed by atoms with van der Waals surface area (Å²) in [7, 11) is 0. The first-order valence-electron chi connectivity index (χ1n) is 8.94. The minimum atomic E-state index is -1.90. The van der Waals surface area contributed by atoms with Gasteiger partial charge < -0.3 is 10.0 Å². The van der Waals surface area contributed by atoms with Gasteiger partial charge in [0.2, 0.25) is 0 Å². The zero-order chi connectivity index (χ0) is 19.7. The SMILES string of the molecule is O=C(C[C@]1(O)C(=O)N(CCc2ccccc2)c2ccc(Cl)cc21)c1cccs1. The highest BCUT2D eigenvalue weighted by Gasteiger charge is 2.51. The van der Waals surface area contributed by atoms with Gasteiger partial charge in [-0.15, -0.1) is 11.3 Å². The number of fused-ring (bicyclic) bond motifs is 1. The molecule has 0 aliphatic carbocycles. The van der Waals surface area contributed by atoms with Crippen molar-refractivity contribution in [1.29, 1.82) is 0 Å². The number of ketones is 1. The number of hydrogen-bond acceptors (Lipinski definition) is 4. The summed E-state index contributed by atoms with van der Waals surface area (Å²) in [5, 5.41) is 13.5. The van der Waals surface area contributed by atoms with Crippen molar-refractivity contribution in [3.63, 3.8) is 0 Å². The molecule has 142 valence electrons. The minimum Gasteiger partial charge on any atom is -0.375 e. The van der Waals surface area contributed by atoms with Crippen LogP contribution in [0.2, 0.25) is 5.02 Å². The minimum absolute atomic E-state index is 0.262. The molecule has 0 bridgehead atoms. The molecule has 0 radical (unpaired) electrons. The third-order valence-electron chi connectivity index (χ3n) is 4.97. The van der Waals surface area contributed by atoms with E-state index < -0.39 is 11.5 Å². The Morgan fingerprint density at radius 1 is 1.11 bits per heavy atom. The van der Waals surface area contributed by atoms with Gasteiger partial charge in [-0.3, -0.25) is 9.59 Å². The number of thiophene rings is 1. The third kappa shape index (κ3) is 3.37. The van der Waals surface area contributed by atoms with E-state index in [4.69, 9.17) is 11.6 Å². The fourth-order valence-corrected chi connectivity index (χ4v) is 4.39. The largest absolute Gasteiger partial charge is 0.375 e. The summed E-state index contributed by atoms with van der Waals surface area (Å²) < 4.78 is 0. The number of rotatable bonds is 6. The van der Waals surface area contributed by atoms with E-state index in [0.29, 0.717) is 34.1 Å². The second-order valence-corrected chi connectivity index (χ2v) is 8.18. The van der Waals surface area contributed by atoms with E-state index in [1.165, 1.54) is 11.3 Å². The molecule has 4 rings (SSSR count). The molecule has 1 aromatic heterocycles. The average molecular weight is 412 g/mol. The molecule has 1 aliphatic heterocycles. The van der Waals surface area contributed by atoms with Crippen molar-refractivity contribution in [2.45, 2.75) is 18.4 Å². The van der Waals surface area contributed by atoms with E-state index in [1.807, 2.05) is 30.3 Å². The first kappa shape index (κ1) is 18.9. The Morgan fingerprint density at radius 2 is 1.89 bits per heavy atom. The third-order valence-corrected chi connectivity index (χ3v) is 6.12. The molecule has 0 saturated heterocycles. The molecule has 4 nitrogen and oxygen atoms in total. The van der Waals surface area contributed by atoms with Crippen LogP contribution >= 0.6 is 22.9 Å². The number of amides is 1. The van der Waals surface area contributed by atoms with Gasteiger partial charge in [0, 0.05) is 17.1 Å². The van der Waals surface area contributed by atoms with Crippen LogP contribution < -0.4 is 4.90 Å². The van der Waals surface area contributed by atoms with E-state index in [9.17, 15) is 14.7 Å². The molecular formula is C22H18ClNO3S. The van der Waals surface area contributed by atoms with Crippen molar-refractivity contribution in [2.75, 3.05) is 11.4 Å². The zero-order valence-electron chi connectivity index (χ0n) is 15.0. The first-order chi connectivity index (χ1) is 13.5. The lowest BCUT2D eigenvalue weighted by Crippen LogP contribution is -2.42. The van der Waals surface area contributed by atoms with Gasteiger partial charge in [0.05, 0.1) is 17.0 Å². The van der Waals surface area contributed by atoms with Gasteiger partial charge in [-0.1, -0.05) is 48.0 Å². The van der Waals surface area contributed by atoms with Crippen molar-refractivity contribution < 1.29 is 14.7 Å². The maximum atomic E-state index is 13.2. The van der Waals surface area contributed by atoms with E-state index in [0.717, 1.165) is 5.56 Å². The Morgan fingerprint density at radius 3 is 2.61 bits per heavy atom. The fourth-order valence-electron chi connectivity index (χ4n) is 3.56. The molecule has 0 spiro atoms. The second kappa shape index (κ2) is 7.51. The zero-order valence-corrected chi connectivity index (χ0v) is 16.5. The average Bonchev–Trinajstić information content (AvgIpc) is 3.30. The molecule has 2 heterocycles. The van der Waals surface area contributed by atoms with Gasteiger partial charge in [-0.2, -0.15) is 0 Å². The smallest absolute Gasteiger partial charge is 0.264 e.